The maximum absolute atomic E-state index is 11.5. The molecule has 0 aromatic carbocycles. The van der Waals surface area contributed by atoms with Crippen LogP contribution in [0.3, 0.4) is 0 Å². The third kappa shape index (κ3) is 1.82. The zero-order valence-electron chi connectivity index (χ0n) is 4.56. The van der Waals surface area contributed by atoms with Crippen LogP contribution in [0.15, 0.2) is 17.6 Å². The van der Waals surface area contributed by atoms with E-state index in [9.17, 15) is 8.78 Å². The Labute approximate surface area is 46.7 Å². The van der Waals surface area contributed by atoms with Crippen molar-refractivity contribution in [1.82, 2.24) is 0 Å². The highest BCUT2D eigenvalue weighted by Crippen LogP contribution is 1.95. The predicted octanol–water partition coefficient (Wildman–Crippen LogP) is 1.51. The molecule has 3 heteroatoms. The second-order valence-corrected chi connectivity index (χ2v) is 1.15. The van der Waals surface area contributed by atoms with Gasteiger partial charge in [0.05, 0.1) is 5.71 Å². The SMILES string of the molecule is C=CC(=NC)C(F)F. The van der Waals surface area contributed by atoms with Crippen molar-refractivity contribution in [2.45, 2.75) is 6.43 Å². The third-order valence-corrected chi connectivity index (χ3v) is 0.691. The molecule has 0 aromatic rings. The molecule has 0 spiro atoms. The van der Waals surface area contributed by atoms with Crippen LogP contribution in [0, 0.1) is 0 Å². The van der Waals surface area contributed by atoms with Gasteiger partial charge in [-0.05, 0) is 6.08 Å². The maximum Gasteiger partial charge on any atom is 0.279 e. The zero-order valence-corrected chi connectivity index (χ0v) is 4.56. The first-order valence-electron chi connectivity index (χ1n) is 2.09. The van der Waals surface area contributed by atoms with Gasteiger partial charge in [-0.1, -0.05) is 6.58 Å². The summed E-state index contributed by atoms with van der Waals surface area (Å²) in [5.41, 5.74) is -0.259. The van der Waals surface area contributed by atoms with E-state index in [4.69, 9.17) is 0 Å². The van der Waals surface area contributed by atoms with Gasteiger partial charge in [0.15, 0.2) is 0 Å². The molecular formula is C5H7F2N. The topological polar surface area (TPSA) is 12.4 Å². The van der Waals surface area contributed by atoms with Gasteiger partial charge in [-0.15, -0.1) is 0 Å². The smallest absolute Gasteiger partial charge is 0.279 e. The highest BCUT2D eigenvalue weighted by atomic mass is 19.3. The molecular weight excluding hydrogens is 112 g/mol. The highest BCUT2D eigenvalue weighted by molar-refractivity contribution is 5.96. The van der Waals surface area contributed by atoms with Crippen LogP contribution in [0.4, 0.5) is 8.78 Å². The van der Waals surface area contributed by atoms with E-state index >= 15 is 0 Å². The van der Waals surface area contributed by atoms with Gasteiger partial charge in [0.25, 0.3) is 6.43 Å². The van der Waals surface area contributed by atoms with Crippen molar-refractivity contribution in [3.63, 3.8) is 0 Å². The Balaban J connectivity index is 3.91. The van der Waals surface area contributed by atoms with Crippen LogP contribution in [-0.2, 0) is 0 Å². The quantitative estimate of drug-likeness (QED) is 0.488. The van der Waals surface area contributed by atoms with Crippen LogP contribution in [0.25, 0.3) is 0 Å². The monoisotopic (exact) mass is 119 g/mol. The molecule has 0 saturated heterocycles. The lowest BCUT2D eigenvalue weighted by molar-refractivity contribution is 0.227. The first-order valence-corrected chi connectivity index (χ1v) is 2.09. The van der Waals surface area contributed by atoms with E-state index in [1.54, 1.807) is 0 Å². The molecule has 0 saturated carbocycles. The second kappa shape index (κ2) is 3.29. The molecule has 0 amide bonds. The number of allylic oxidation sites excluding steroid dienone is 1. The molecule has 0 aliphatic rings. The van der Waals surface area contributed by atoms with Crippen LogP contribution in [-0.4, -0.2) is 19.2 Å². The molecule has 1 nitrogen and oxygen atoms in total. The van der Waals surface area contributed by atoms with E-state index < -0.39 is 6.43 Å². The summed E-state index contributed by atoms with van der Waals surface area (Å²) >= 11 is 0. The first-order chi connectivity index (χ1) is 3.72. The lowest BCUT2D eigenvalue weighted by Gasteiger charge is -1.92. The molecule has 0 unspecified atom stereocenters. The predicted molar refractivity (Wildman–Crippen MR) is 29.6 cm³/mol. The van der Waals surface area contributed by atoms with Crippen molar-refractivity contribution in [1.29, 1.82) is 0 Å². The Bertz CT molecular complexity index is 107. The van der Waals surface area contributed by atoms with Gasteiger partial charge in [-0.2, -0.15) is 0 Å². The van der Waals surface area contributed by atoms with Crippen molar-refractivity contribution in [3.8, 4) is 0 Å². The van der Waals surface area contributed by atoms with E-state index in [1.807, 2.05) is 0 Å². The summed E-state index contributed by atoms with van der Waals surface area (Å²) in [6.45, 7) is 3.14. The van der Waals surface area contributed by atoms with Crippen LogP contribution in [0.5, 0.6) is 0 Å². The molecule has 0 radical (unpaired) electrons. The fraction of sp³-hybridized carbons (Fsp3) is 0.400. The van der Waals surface area contributed by atoms with E-state index in [0.717, 1.165) is 6.08 Å². The number of halogens is 2. The van der Waals surface area contributed by atoms with Gasteiger partial charge < -0.3 is 0 Å². The van der Waals surface area contributed by atoms with Gasteiger partial charge >= 0.3 is 0 Å². The van der Waals surface area contributed by atoms with Crippen molar-refractivity contribution >= 4 is 5.71 Å². The highest BCUT2D eigenvalue weighted by Gasteiger charge is 2.05. The molecule has 0 rings (SSSR count). The molecule has 0 N–H and O–H groups in total. The minimum Gasteiger partial charge on any atom is -0.287 e. The van der Waals surface area contributed by atoms with Crippen LogP contribution >= 0.6 is 0 Å². The molecule has 0 fully saturated rings. The van der Waals surface area contributed by atoms with Crippen molar-refractivity contribution < 1.29 is 8.78 Å². The average molecular weight is 119 g/mol. The molecule has 46 valence electrons. The number of nitrogens with zero attached hydrogens (tertiary/aromatic N) is 1. The Morgan fingerprint density at radius 2 is 2.25 bits per heavy atom. The molecule has 0 aliphatic heterocycles. The minimum absolute atomic E-state index is 0.259. The van der Waals surface area contributed by atoms with Gasteiger partial charge in [0.2, 0.25) is 0 Å². The number of alkyl halides is 2. The Kier molecular flexibility index (Phi) is 2.99. The summed E-state index contributed by atoms with van der Waals surface area (Å²) in [5, 5.41) is 0. The Morgan fingerprint density at radius 1 is 1.75 bits per heavy atom. The van der Waals surface area contributed by atoms with Gasteiger partial charge in [0.1, 0.15) is 0 Å². The first kappa shape index (κ1) is 7.27. The summed E-state index contributed by atoms with van der Waals surface area (Å²) in [6.07, 6.45) is -1.44. The van der Waals surface area contributed by atoms with Crippen molar-refractivity contribution in [2.75, 3.05) is 7.05 Å². The van der Waals surface area contributed by atoms with Crippen LogP contribution < -0.4 is 0 Å². The third-order valence-electron chi connectivity index (χ3n) is 0.691. The fourth-order valence-corrected chi connectivity index (χ4v) is 0.278. The molecule has 0 heterocycles. The molecule has 0 aliphatic carbocycles. The summed E-state index contributed by atoms with van der Waals surface area (Å²) < 4.78 is 23.0. The fourth-order valence-electron chi connectivity index (χ4n) is 0.278. The summed E-state index contributed by atoms with van der Waals surface area (Å²) in [7, 11) is 1.31. The zero-order chi connectivity index (χ0) is 6.57. The normalized spacial score (nSPS) is 12.2. The largest absolute Gasteiger partial charge is 0.287 e. The molecule has 0 bridgehead atoms. The number of hydrogen-bond donors (Lipinski definition) is 0. The van der Waals surface area contributed by atoms with Crippen LogP contribution in [0.1, 0.15) is 0 Å². The van der Waals surface area contributed by atoms with E-state index in [0.29, 0.717) is 0 Å². The van der Waals surface area contributed by atoms with E-state index in [1.165, 1.54) is 7.05 Å². The molecule has 0 aromatic heterocycles. The van der Waals surface area contributed by atoms with E-state index in [-0.39, 0.29) is 5.71 Å². The van der Waals surface area contributed by atoms with Crippen molar-refractivity contribution in [3.05, 3.63) is 12.7 Å². The van der Waals surface area contributed by atoms with E-state index in [2.05, 4.69) is 11.6 Å². The number of aliphatic imine (C=N–C) groups is 1. The van der Waals surface area contributed by atoms with Gasteiger partial charge in [-0.25, -0.2) is 8.78 Å². The Hall–Kier alpha value is -0.730. The van der Waals surface area contributed by atoms with Gasteiger partial charge in [0, 0.05) is 7.05 Å². The number of hydrogen-bond acceptors (Lipinski definition) is 1. The lowest BCUT2D eigenvalue weighted by Crippen LogP contribution is -2.05. The maximum atomic E-state index is 11.5. The Morgan fingerprint density at radius 3 is 2.25 bits per heavy atom. The van der Waals surface area contributed by atoms with Gasteiger partial charge in [-0.3, -0.25) is 4.99 Å². The lowest BCUT2D eigenvalue weighted by atomic mass is 10.4. The summed E-state index contributed by atoms with van der Waals surface area (Å²) in [6, 6.07) is 0. The minimum atomic E-state index is -2.49. The summed E-state index contributed by atoms with van der Waals surface area (Å²) in [4.78, 5) is 3.25. The standard InChI is InChI=1S/C5H7F2N/c1-3-4(8-2)5(6)7/h3,5H,1H2,2H3. The molecule has 0 atom stereocenters. The summed E-state index contributed by atoms with van der Waals surface area (Å²) in [5.74, 6) is 0. The molecule has 8 heavy (non-hydrogen) atoms. The van der Waals surface area contributed by atoms with Crippen molar-refractivity contribution in [2.24, 2.45) is 4.99 Å². The number of rotatable bonds is 2. The average Bonchev–Trinajstić information content (AvgIpc) is 1.69. The van der Waals surface area contributed by atoms with Crippen LogP contribution in [0.2, 0.25) is 0 Å². The second-order valence-electron chi connectivity index (χ2n) is 1.15.